The van der Waals surface area contributed by atoms with Crippen molar-refractivity contribution in [2.24, 2.45) is 28.7 Å². The van der Waals surface area contributed by atoms with Gasteiger partial charge in [0.15, 0.2) is 0 Å². The van der Waals surface area contributed by atoms with E-state index in [2.05, 4.69) is 0 Å². The maximum Gasteiger partial charge on any atom is 0.323 e. The number of carbonyl (C=O) groups is 2. The average Bonchev–Trinajstić information content (AvgIpc) is 2.42. The van der Waals surface area contributed by atoms with Crippen LogP contribution in [0, 0.1) is 17.3 Å². The maximum absolute atomic E-state index is 12.0. The van der Waals surface area contributed by atoms with Crippen molar-refractivity contribution in [3.05, 3.63) is 0 Å². The molecule has 25 heavy (non-hydrogen) atoms. The maximum atomic E-state index is 12.0. The van der Waals surface area contributed by atoms with Crippen LogP contribution in [-0.4, -0.2) is 36.7 Å². The zero-order valence-electron chi connectivity index (χ0n) is 17.0. The highest BCUT2D eigenvalue weighted by atomic mass is 16.5. The Balaban J connectivity index is 4.36. The van der Waals surface area contributed by atoms with E-state index in [1.165, 1.54) is 0 Å². The average molecular weight is 359 g/mol. The van der Waals surface area contributed by atoms with Gasteiger partial charge < -0.3 is 20.9 Å². The van der Waals surface area contributed by atoms with E-state index in [1.54, 1.807) is 0 Å². The van der Waals surface area contributed by atoms with Gasteiger partial charge in [-0.2, -0.15) is 0 Å². The van der Waals surface area contributed by atoms with Gasteiger partial charge in [-0.1, -0.05) is 41.5 Å². The number of nitrogens with two attached hydrogens (primary N) is 2. The first-order valence-corrected chi connectivity index (χ1v) is 9.22. The van der Waals surface area contributed by atoms with Gasteiger partial charge in [0.25, 0.3) is 0 Å². The minimum atomic E-state index is -0.600. The number of carbonyl (C=O) groups excluding carboxylic acids is 2. The number of esters is 2. The summed E-state index contributed by atoms with van der Waals surface area (Å²) in [5, 5.41) is 0. The number of hydrogen-bond acceptors (Lipinski definition) is 6. The van der Waals surface area contributed by atoms with Gasteiger partial charge in [-0.05, 0) is 38.0 Å². The molecule has 148 valence electrons. The Hall–Kier alpha value is -1.14. The molecule has 3 atom stereocenters. The Morgan fingerprint density at radius 2 is 1.32 bits per heavy atom. The monoisotopic (exact) mass is 358 g/mol. The molecule has 0 aliphatic heterocycles. The van der Waals surface area contributed by atoms with E-state index in [9.17, 15) is 9.59 Å². The highest BCUT2D eigenvalue weighted by Crippen LogP contribution is 2.25. The van der Waals surface area contributed by atoms with Crippen LogP contribution in [0.25, 0.3) is 0 Å². The van der Waals surface area contributed by atoms with E-state index < -0.39 is 12.1 Å². The third-order valence-electron chi connectivity index (χ3n) is 3.82. The van der Waals surface area contributed by atoms with Gasteiger partial charge in [-0.3, -0.25) is 9.59 Å². The van der Waals surface area contributed by atoms with Crippen LogP contribution in [0.5, 0.6) is 0 Å². The lowest BCUT2D eigenvalue weighted by molar-refractivity contribution is -0.155. The minimum Gasteiger partial charge on any atom is -0.464 e. The summed E-state index contributed by atoms with van der Waals surface area (Å²) in [4.78, 5) is 23.9. The molecule has 0 aromatic heterocycles. The molecular weight excluding hydrogens is 320 g/mol. The van der Waals surface area contributed by atoms with Gasteiger partial charge in [0.2, 0.25) is 0 Å². The second kappa shape index (κ2) is 10.8. The Kier molecular flexibility index (Phi) is 10.3. The summed E-state index contributed by atoms with van der Waals surface area (Å²) in [6.45, 7) is 14.0. The predicted octanol–water partition coefficient (Wildman–Crippen LogP) is 2.62. The summed E-state index contributed by atoms with van der Waals surface area (Å²) in [7, 11) is 0. The van der Waals surface area contributed by atoms with Crippen molar-refractivity contribution in [3.8, 4) is 0 Å². The fourth-order valence-corrected chi connectivity index (χ4v) is 2.75. The number of hydrogen-bond donors (Lipinski definition) is 2. The van der Waals surface area contributed by atoms with E-state index in [4.69, 9.17) is 20.9 Å². The van der Waals surface area contributed by atoms with Crippen molar-refractivity contribution < 1.29 is 19.1 Å². The first-order valence-electron chi connectivity index (χ1n) is 9.22. The van der Waals surface area contributed by atoms with E-state index in [1.807, 2.05) is 48.5 Å². The summed E-state index contributed by atoms with van der Waals surface area (Å²) in [6.07, 6.45) is 1.46. The molecule has 0 bridgehead atoms. The van der Waals surface area contributed by atoms with Gasteiger partial charge in [-0.25, -0.2) is 0 Å². The zero-order valence-corrected chi connectivity index (χ0v) is 17.0. The molecule has 0 aliphatic rings. The Labute approximate surface area is 153 Å². The molecule has 0 saturated carbocycles. The normalized spacial score (nSPS) is 15.8. The lowest BCUT2D eigenvalue weighted by Gasteiger charge is -2.28. The molecular formula is C19H38N2O4. The summed E-state index contributed by atoms with van der Waals surface area (Å²) in [6, 6.07) is -1.20. The molecule has 0 saturated heterocycles. The molecule has 3 unspecified atom stereocenters. The van der Waals surface area contributed by atoms with Crippen molar-refractivity contribution >= 4 is 11.9 Å². The number of rotatable bonds is 11. The van der Waals surface area contributed by atoms with Crippen LogP contribution < -0.4 is 11.5 Å². The van der Waals surface area contributed by atoms with E-state index in [-0.39, 0.29) is 30.1 Å². The second-order valence-electron chi connectivity index (χ2n) is 8.70. The lowest BCUT2D eigenvalue weighted by Crippen LogP contribution is -2.38. The molecule has 4 N–H and O–H groups in total. The molecule has 0 aromatic rings. The minimum absolute atomic E-state index is 0.234. The third-order valence-corrected chi connectivity index (χ3v) is 3.82. The van der Waals surface area contributed by atoms with Crippen LogP contribution in [0.4, 0.5) is 0 Å². The smallest absolute Gasteiger partial charge is 0.323 e. The van der Waals surface area contributed by atoms with Crippen molar-refractivity contribution in [3.63, 3.8) is 0 Å². The summed E-state index contributed by atoms with van der Waals surface area (Å²) < 4.78 is 10.8. The molecule has 0 spiro atoms. The van der Waals surface area contributed by atoms with Gasteiger partial charge in [0.1, 0.15) is 12.1 Å². The topological polar surface area (TPSA) is 105 Å². The molecule has 0 aliphatic carbocycles. The van der Waals surface area contributed by atoms with Gasteiger partial charge in [-0.15, -0.1) is 0 Å². The zero-order chi connectivity index (χ0) is 19.8. The van der Waals surface area contributed by atoms with Crippen molar-refractivity contribution in [2.75, 3.05) is 6.61 Å². The first-order chi connectivity index (χ1) is 11.3. The SMILES string of the molecule is CC(C)CC(N)C(=O)OCC(C)(C)CC(C)OC(=O)C(N)CC(C)C. The van der Waals surface area contributed by atoms with Crippen LogP contribution in [0.2, 0.25) is 0 Å². The standard InChI is InChI=1S/C19H38N2O4/c1-12(2)8-15(20)17(22)24-11-19(6,7)10-14(5)25-18(23)16(21)9-13(3)4/h12-16H,8-11,20-21H2,1-7H3. The predicted molar refractivity (Wildman–Crippen MR) is 99.8 cm³/mol. The van der Waals surface area contributed by atoms with Crippen LogP contribution in [-0.2, 0) is 19.1 Å². The van der Waals surface area contributed by atoms with E-state index in [0.29, 0.717) is 31.1 Å². The fourth-order valence-electron chi connectivity index (χ4n) is 2.75. The molecule has 0 aromatic carbocycles. The lowest BCUT2D eigenvalue weighted by atomic mass is 9.88. The van der Waals surface area contributed by atoms with Crippen LogP contribution in [0.3, 0.4) is 0 Å². The van der Waals surface area contributed by atoms with Gasteiger partial charge in [0.05, 0.1) is 12.7 Å². The van der Waals surface area contributed by atoms with Crippen LogP contribution in [0.1, 0.15) is 67.7 Å². The van der Waals surface area contributed by atoms with E-state index in [0.717, 1.165) is 0 Å². The van der Waals surface area contributed by atoms with Crippen molar-refractivity contribution in [1.29, 1.82) is 0 Å². The molecule has 0 fully saturated rings. The van der Waals surface area contributed by atoms with E-state index >= 15 is 0 Å². The first kappa shape index (κ1) is 23.9. The molecule has 6 nitrogen and oxygen atoms in total. The largest absolute Gasteiger partial charge is 0.464 e. The van der Waals surface area contributed by atoms with Crippen molar-refractivity contribution in [1.82, 2.24) is 0 Å². The quantitative estimate of drug-likeness (QED) is 0.550. The fraction of sp³-hybridized carbons (Fsp3) is 0.895. The van der Waals surface area contributed by atoms with Crippen LogP contribution >= 0.6 is 0 Å². The molecule has 0 heterocycles. The third kappa shape index (κ3) is 11.2. The number of ether oxygens (including phenoxy) is 2. The Morgan fingerprint density at radius 1 is 0.880 bits per heavy atom. The van der Waals surface area contributed by atoms with Gasteiger partial charge >= 0.3 is 11.9 Å². The molecule has 0 rings (SSSR count). The van der Waals surface area contributed by atoms with Crippen molar-refractivity contribution in [2.45, 2.75) is 85.9 Å². The Morgan fingerprint density at radius 3 is 1.76 bits per heavy atom. The molecule has 0 radical (unpaired) electrons. The summed E-state index contributed by atoms with van der Waals surface area (Å²) in [5.41, 5.74) is 11.3. The summed E-state index contributed by atoms with van der Waals surface area (Å²) >= 11 is 0. The molecule has 6 heteroatoms. The highest BCUT2D eigenvalue weighted by Gasteiger charge is 2.28. The van der Waals surface area contributed by atoms with Crippen LogP contribution in [0.15, 0.2) is 0 Å². The summed E-state index contributed by atoms with van der Waals surface area (Å²) in [5.74, 6) is -0.0906. The second-order valence-corrected chi connectivity index (χ2v) is 8.70. The Bertz CT molecular complexity index is 422. The molecule has 0 amide bonds. The highest BCUT2D eigenvalue weighted by molar-refractivity contribution is 5.76. The van der Waals surface area contributed by atoms with Gasteiger partial charge in [0, 0.05) is 5.41 Å².